The van der Waals surface area contributed by atoms with Gasteiger partial charge >= 0.3 is 6.18 Å². The molecule has 0 aliphatic carbocycles. The molecule has 1 aliphatic rings. The maximum atomic E-state index is 13.6. The van der Waals surface area contributed by atoms with Gasteiger partial charge in [-0.1, -0.05) is 6.92 Å². The molecule has 14 heteroatoms. The summed E-state index contributed by atoms with van der Waals surface area (Å²) in [5.74, 6) is -0.361. The molecule has 5 rings (SSSR count). The number of imidazole rings is 1. The van der Waals surface area contributed by atoms with E-state index < -0.39 is 17.6 Å². The molecule has 0 saturated carbocycles. The number of pyridine rings is 1. The topological polar surface area (TPSA) is 139 Å². The van der Waals surface area contributed by atoms with Crippen molar-refractivity contribution in [1.29, 1.82) is 0 Å². The number of anilines is 2. The second-order valence-electron chi connectivity index (χ2n) is 10.5. The predicted molar refractivity (Wildman–Crippen MR) is 156 cm³/mol. The SMILES string of the molecule is CCC(=O)N1CCCC(c2nc(-c3ccc(C(=O)N(CCOC)c4cc(C(F)(F)F)ccn4)cc3O)c3c(N)nccn23)C1. The summed E-state index contributed by atoms with van der Waals surface area (Å²) in [4.78, 5) is 41.9. The van der Waals surface area contributed by atoms with Crippen LogP contribution in [0.5, 0.6) is 5.75 Å². The van der Waals surface area contributed by atoms with E-state index in [0.717, 1.165) is 36.1 Å². The number of aromatic hydroxyl groups is 1. The van der Waals surface area contributed by atoms with Gasteiger partial charge in [-0.3, -0.25) is 18.9 Å². The fourth-order valence-corrected chi connectivity index (χ4v) is 5.47. The van der Waals surface area contributed by atoms with E-state index in [1.807, 2.05) is 16.2 Å². The van der Waals surface area contributed by atoms with Crippen LogP contribution in [0.4, 0.5) is 24.8 Å². The highest BCUT2D eigenvalue weighted by Crippen LogP contribution is 2.38. The van der Waals surface area contributed by atoms with Gasteiger partial charge in [-0.2, -0.15) is 13.2 Å². The van der Waals surface area contributed by atoms with E-state index in [1.54, 1.807) is 12.4 Å². The molecule has 1 fully saturated rings. The van der Waals surface area contributed by atoms with Crippen LogP contribution in [0.1, 0.15) is 53.8 Å². The second kappa shape index (κ2) is 12.5. The van der Waals surface area contributed by atoms with Gasteiger partial charge in [-0.25, -0.2) is 15.0 Å². The van der Waals surface area contributed by atoms with Crippen LogP contribution in [0.3, 0.4) is 0 Å². The summed E-state index contributed by atoms with van der Waals surface area (Å²) in [6.45, 7) is 2.95. The van der Waals surface area contributed by atoms with Gasteiger partial charge in [0, 0.05) is 62.3 Å². The Labute approximate surface area is 251 Å². The quantitative estimate of drug-likeness (QED) is 0.297. The number of ether oxygens (including phenoxy) is 1. The fraction of sp³-hybridized carbons (Fsp3) is 0.367. The number of phenols is 1. The van der Waals surface area contributed by atoms with Crippen molar-refractivity contribution in [2.75, 3.05) is 44.0 Å². The number of phenolic OH excluding ortho intramolecular Hbond substituents is 1. The largest absolute Gasteiger partial charge is 0.507 e. The molecule has 4 heterocycles. The van der Waals surface area contributed by atoms with Gasteiger partial charge in [0.25, 0.3) is 5.91 Å². The third kappa shape index (κ3) is 6.02. The average Bonchev–Trinajstić information content (AvgIpc) is 3.41. The van der Waals surface area contributed by atoms with Gasteiger partial charge in [0.2, 0.25) is 5.91 Å². The van der Waals surface area contributed by atoms with Crippen LogP contribution in [0, 0.1) is 0 Å². The van der Waals surface area contributed by atoms with Crippen molar-refractivity contribution in [3.05, 3.63) is 65.9 Å². The predicted octanol–water partition coefficient (Wildman–Crippen LogP) is 4.51. The molecule has 3 aromatic heterocycles. The van der Waals surface area contributed by atoms with E-state index >= 15 is 0 Å². The molecule has 11 nitrogen and oxygen atoms in total. The van der Waals surface area contributed by atoms with Crippen LogP contribution in [0.15, 0.2) is 48.9 Å². The lowest BCUT2D eigenvalue weighted by Crippen LogP contribution is -2.39. The summed E-state index contributed by atoms with van der Waals surface area (Å²) in [6, 6.07) is 5.79. The van der Waals surface area contributed by atoms with Gasteiger partial charge in [0.15, 0.2) is 0 Å². The maximum Gasteiger partial charge on any atom is 0.416 e. The van der Waals surface area contributed by atoms with E-state index in [1.165, 1.54) is 25.3 Å². The van der Waals surface area contributed by atoms with Crippen molar-refractivity contribution >= 4 is 29.0 Å². The molecule has 0 bridgehead atoms. The minimum atomic E-state index is -4.63. The molecule has 0 spiro atoms. The number of hydrogen-bond donors (Lipinski definition) is 2. The van der Waals surface area contributed by atoms with Crippen molar-refractivity contribution < 1.29 is 32.6 Å². The summed E-state index contributed by atoms with van der Waals surface area (Å²) in [6.07, 6.45) is 1.64. The molecule has 44 heavy (non-hydrogen) atoms. The molecule has 1 saturated heterocycles. The highest BCUT2D eigenvalue weighted by atomic mass is 19.4. The summed E-state index contributed by atoms with van der Waals surface area (Å²) in [5, 5.41) is 11.2. The summed E-state index contributed by atoms with van der Waals surface area (Å²) in [7, 11) is 1.40. The Morgan fingerprint density at radius 3 is 2.68 bits per heavy atom. The molecule has 1 aliphatic heterocycles. The smallest absolute Gasteiger partial charge is 0.416 e. The Balaban J connectivity index is 1.52. The summed E-state index contributed by atoms with van der Waals surface area (Å²) in [5.41, 5.74) is 6.42. The molecular formula is C30H32F3N7O4. The van der Waals surface area contributed by atoms with Crippen molar-refractivity contribution in [3.8, 4) is 17.0 Å². The van der Waals surface area contributed by atoms with Crippen LogP contribution < -0.4 is 10.6 Å². The number of carbonyl (C=O) groups is 2. The Hall–Kier alpha value is -4.72. The number of nitrogens with two attached hydrogens (primary N) is 1. The van der Waals surface area contributed by atoms with Gasteiger partial charge in [-0.05, 0) is 43.2 Å². The minimum Gasteiger partial charge on any atom is -0.507 e. The number of halogens is 3. The third-order valence-corrected chi connectivity index (χ3v) is 7.67. The van der Waals surface area contributed by atoms with Crippen molar-refractivity contribution in [2.45, 2.75) is 38.3 Å². The number of methoxy groups -OCH3 is 1. The molecule has 1 unspecified atom stereocenters. The van der Waals surface area contributed by atoms with E-state index in [9.17, 15) is 27.9 Å². The number of hydrogen-bond acceptors (Lipinski definition) is 8. The van der Waals surface area contributed by atoms with Gasteiger partial charge in [0.05, 0.1) is 18.7 Å². The first-order chi connectivity index (χ1) is 21.0. The molecule has 232 valence electrons. The number of aromatic nitrogens is 4. The van der Waals surface area contributed by atoms with Gasteiger partial charge in [0.1, 0.15) is 34.4 Å². The van der Waals surface area contributed by atoms with Crippen LogP contribution >= 0.6 is 0 Å². The molecular weight excluding hydrogens is 579 g/mol. The number of nitrogens with zero attached hydrogens (tertiary/aromatic N) is 6. The fourth-order valence-electron chi connectivity index (χ4n) is 5.47. The van der Waals surface area contributed by atoms with Crippen LogP contribution in [0.2, 0.25) is 0 Å². The van der Waals surface area contributed by atoms with E-state index in [2.05, 4.69) is 9.97 Å². The van der Waals surface area contributed by atoms with Crippen molar-refractivity contribution in [3.63, 3.8) is 0 Å². The van der Waals surface area contributed by atoms with Crippen LogP contribution in [-0.4, -0.2) is 74.5 Å². The lowest BCUT2D eigenvalue weighted by atomic mass is 9.97. The highest BCUT2D eigenvalue weighted by Gasteiger charge is 2.33. The zero-order valence-corrected chi connectivity index (χ0v) is 24.2. The zero-order chi connectivity index (χ0) is 31.6. The lowest BCUT2D eigenvalue weighted by Gasteiger charge is -2.32. The first-order valence-electron chi connectivity index (χ1n) is 14.1. The normalized spacial score (nSPS) is 15.5. The molecule has 1 aromatic carbocycles. The molecule has 1 atom stereocenters. The number of rotatable bonds is 8. The van der Waals surface area contributed by atoms with E-state index in [4.69, 9.17) is 15.5 Å². The van der Waals surface area contributed by atoms with Crippen molar-refractivity contribution in [1.82, 2.24) is 24.3 Å². The maximum absolute atomic E-state index is 13.6. The first-order valence-corrected chi connectivity index (χ1v) is 14.1. The lowest BCUT2D eigenvalue weighted by molar-refractivity contribution is -0.137. The van der Waals surface area contributed by atoms with Gasteiger partial charge in [-0.15, -0.1) is 0 Å². The third-order valence-electron chi connectivity index (χ3n) is 7.67. The summed E-state index contributed by atoms with van der Waals surface area (Å²) < 4.78 is 47.0. The standard InChI is InChI=1S/C30H32F3N7O4/c1-3-24(42)38-11-4-5-19(17-38)28-37-25(26-27(34)36-10-12-40(26)28)21-7-6-18(15-22(21)41)29(43)39(13-14-44-2)23-16-20(8-9-35-23)30(31,32)33/h6-10,12,15-16,19,41H,3-5,11,13-14,17H2,1-2H3,(H2,34,36). The number of nitrogen functional groups attached to an aromatic ring is 1. The Morgan fingerprint density at radius 2 is 1.98 bits per heavy atom. The zero-order valence-electron chi connectivity index (χ0n) is 24.2. The Morgan fingerprint density at radius 1 is 1.18 bits per heavy atom. The number of fused-ring (bicyclic) bond motifs is 1. The van der Waals surface area contributed by atoms with Crippen LogP contribution in [-0.2, 0) is 15.7 Å². The number of likely N-dealkylation sites (tertiary alicyclic amines) is 1. The molecule has 4 aromatic rings. The Bertz CT molecular complexity index is 1690. The monoisotopic (exact) mass is 611 g/mol. The molecule has 3 N–H and O–H groups in total. The number of carbonyl (C=O) groups excluding carboxylic acids is 2. The minimum absolute atomic E-state index is 0.0115. The second-order valence-corrected chi connectivity index (χ2v) is 10.5. The number of alkyl halides is 3. The molecule has 0 radical (unpaired) electrons. The van der Waals surface area contributed by atoms with E-state index in [-0.39, 0.29) is 53.5 Å². The number of amides is 2. The Kier molecular flexibility index (Phi) is 8.72. The van der Waals surface area contributed by atoms with E-state index in [0.29, 0.717) is 36.5 Å². The highest BCUT2D eigenvalue weighted by molar-refractivity contribution is 6.06. The van der Waals surface area contributed by atoms with Crippen molar-refractivity contribution in [2.24, 2.45) is 0 Å². The average molecular weight is 612 g/mol. The number of benzene rings is 1. The molecule has 2 amide bonds. The first kappa shape index (κ1) is 30.7. The number of piperidine rings is 1. The van der Waals surface area contributed by atoms with Gasteiger partial charge < -0.3 is 20.5 Å². The summed E-state index contributed by atoms with van der Waals surface area (Å²) >= 11 is 0. The van der Waals surface area contributed by atoms with Crippen LogP contribution in [0.25, 0.3) is 16.8 Å².